The summed E-state index contributed by atoms with van der Waals surface area (Å²) in [7, 11) is 0. The molecule has 0 saturated heterocycles. The maximum Gasteiger partial charge on any atom is 0.134 e. The summed E-state index contributed by atoms with van der Waals surface area (Å²) >= 11 is 0. The van der Waals surface area contributed by atoms with E-state index in [1.54, 1.807) is 6.20 Å². The van der Waals surface area contributed by atoms with Gasteiger partial charge in [0.25, 0.3) is 0 Å². The van der Waals surface area contributed by atoms with Crippen molar-refractivity contribution in [2.45, 2.75) is 40.2 Å². The second kappa shape index (κ2) is 4.76. The third kappa shape index (κ3) is 2.08. The van der Waals surface area contributed by atoms with Crippen LogP contribution in [0, 0.1) is 6.92 Å². The molecule has 0 atom stereocenters. The number of nitrogens with two attached hydrogens (primary N) is 1. The molecule has 0 unspecified atom stereocenters. The molecule has 0 spiro atoms. The van der Waals surface area contributed by atoms with Crippen LogP contribution in [0.5, 0.6) is 0 Å². The van der Waals surface area contributed by atoms with E-state index >= 15 is 0 Å². The van der Waals surface area contributed by atoms with E-state index in [0.717, 1.165) is 29.3 Å². The van der Waals surface area contributed by atoms with Gasteiger partial charge < -0.3 is 5.73 Å². The van der Waals surface area contributed by atoms with Crippen molar-refractivity contribution in [2.75, 3.05) is 5.73 Å². The summed E-state index contributed by atoms with van der Waals surface area (Å²) < 4.78 is 1.92. The average molecular weight is 245 g/mol. The van der Waals surface area contributed by atoms with Gasteiger partial charge in [0, 0.05) is 24.2 Å². The predicted molar refractivity (Wildman–Crippen MR) is 72.2 cm³/mol. The Hall–Kier alpha value is -1.91. The molecule has 5 heteroatoms. The molecule has 5 nitrogen and oxygen atoms in total. The van der Waals surface area contributed by atoms with Crippen molar-refractivity contribution in [3.8, 4) is 11.4 Å². The third-order valence-electron chi connectivity index (χ3n) is 2.98. The number of aromatic nitrogens is 4. The minimum Gasteiger partial charge on any atom is -0.383 e. The summed E-state index contributed by atoms with van der Waals surface area (Å²) in [5, 5.41) is 4.27. The first-order chi connectivity index (χ1) is 8.54. The van der Waals surface area contributed by atoms with Gasteiger partial charge >= 0.3 is 0 Å². The van der Waals surface area contributed by atoms with E-state index in [2.05, 4.69) is 35.8 Å². The topological polar surface area (TPSA) is 69.6 Å². The minimum absolute atomic E-state index is 0.254. The third-order valence-corrected chi connectivity index (χ3v) is 2.98. The van der Waals surface area contributed by atoms with Crippen LogP contribution in [0.2, 0.25) is 0 Å². The van der Waals surface area contributed by atoms with E-state index < -0.39 is 0 Å². The first-order valence-electron chi connectivity index (χ1n) is 6.20. The summed E-state index contributed by atoms with van der Waals surface area (Å²) in [5.41, 5.74) is 8.76. The quantitative estimate of drug-likeness (QED) is 0.901. The van der Waals surface area contributed by atoms with Crippen molar-refractivity contribution in [3.63, 3.8) is 0 Å². The Kier molecular flexibility index (Phi) is 3.32. The highest BCUT2D eigenvalue weighted by atomic mass is 15.3. The Morgan fingerprint density at radius 3 is 2.67 bits per heavy atom. The molecular formula is C13H19N5. The van der Waals surface area contributed by atoms with Crippen LogP contribution in [0.3, 0.4) is 0 Å². The Morgan fingerprint density at radius 1 is 1.33 bits per heavy atom. The lowest BCUT2D eigenvalue weighted by atomic mass is 10.1. The van der Waals surface area contributed by atoms with Crippen LogP contribution in [-0.4, -0.2) is 19.7 Å². The monoisotopic (exact) mass is 245 g/mol. The van der Waals surface area contributed by atoms with Gasteiger partial charge in [0.15, 0.2) is 0 Å². The molecule has 2 aromatic heterocycles. The van der Waals surface area contributed by atoms with Crippen molar-refractivity contribution >= 4 is 5.82 Å². The summed E-state index contributed by atoms with van der Waals surface area (Å²) in [6.07, 6.45) is 1.78. The molecule has 2 heterocycles. The first-order valence-corrected chi connectivity index (χ1v) is 6.20. The number of aryl methyl sites for hydroxylation is 1. The minimum atomic E-state index is 0.254. The molecule has 0 aliphatic carbocycles. The molecule has 0 fully saturated rings. The number of nitrogens with zero attached hydrogens (tertiary/aromatic N) is 4. The molecule has 0 saturated carbocycles. The lowest BCUT2D eigenvalue weighted by molar-refractivity contribution is 0.663. The molecule has 18 heavy (non-hydrogen) atoms. The van der Waals surface area contributed by atoms with Crippen LogP contribution in [-0.2, 0) is 6.54 Å². The average Bonchev–Trinajstić information content (AvgIpc) is 2.80. The second-order valence-electron chi connectivity index (χ2n) is 4.63. The number of anilines is 1. The summed E-state index contributed by atoms with van der Waals surface area (Å²) in [6, 6.07) is 1.96. The predicted octanol–water partition coefficient (Wildman–Crippen LogP) is 2.37. The van der Waals surface area contributed by atoms with E-state index in [0.29, 0.717) is 5.82 Å². The normalized spacial score (nSPS) is 11.2. The van der Waals surface area contributed by atoms with Gasteiger partial charge in [-0.05, 0) is 19.9 Å². The summed E-state index contributed by atoms with van der Waals surface area (Å²) in [6.45, 7) is 8.93. The van der Waals surface area contributed by atoms with E-state index in [4.69, 9.17) is 5.73 Å². The zero-order valence-electron chi connectivity index (χ0n) is 11.3. The van der Waals surface area contributed by atoms with Gasteiger partial charge in [-0.2, -0.15) is 5.10 Å². The largest absolute Gasteiger partial charge is 0.383 e. The molecule has 2 N–H and O–H groups in total. The highest BCUT2D eigenvalue weighted by molar-refractivity contribution is 5.64. The number of hydrogen-bond acceptors (Lipinski definition) is 4. The smallest absolute Gasteiger partial charge is 0.134 e. The number of rotatable bonds is 3. The van der Waals surface area contributed by atoms with Crippen LogP contribution in [0.15, 0.2) is 12.3 Å². The van der Waals surface area contributed by atoms with Crippen molar-refractivity contribution in [2.24, 2.45) is 0 Å². The van der Waals surface area contributed by atoms with Gasteiger partial charge in [0.1, 0.15) is 11.6 Å². The Labute approximate surface area is 107 Å². The molecule has 0 aromatic carbocycles. The maximum absolute atomic E-state index is 5.98. The first kappa shape index (κ1) is 12.5. The molecule has 0 aliphatic heterocycles. The SMILES string of the molecule is CCn1nccc1-c1nc(C(C)C)nc(N)c1C. The van der Waals surface area contributed by atoms with Crippen LogP contribution < -0.4 is 5.73 Å². The zero-order chi connectivity index (χ0) is 13.3. The fourth-order valence-corrected chi connectivity index (χ4v) is 1.85. The Balaban J connectivity index is 2.63. The molecule has 96 valence electrons. The van der Waals surface area contributed by atoms with E-state index in [1.807, 2.05) is 17.7 Å². The summed E-state index contributed by atoms with van der Waals surface area (Å²) in [4.78, 5) is 8.97. The van der Waals surface area contributed by atoms with Crippen LogP contribution >= 0.6 is 0 Å². The van der Waals surface area contributed by atoms with Gasteiger partial charge in [-0.15, -0.1) is 0 Å². The standard InChI is InChI=1S/C13H19N5/c1-5-18-10(6-7-15-18)11-9(4)12(14)17-13(16-11)8(2)3/h6-8H,5H2,1-4H3,(H2,14,16,17). The van der Waals surface area contributed by atoms with Gasteiger partial charge in [-0.3, -0.25) is 4.68 Å². The number of hydrogen-bond donors (Lipinski definition) is 1. The lowest BCUT2D eigenvalue weighted by Gasteiger charge is -2.12. The van der Waals surface area contributed by atoms with Gasteiger partial charge in [-0.25, -0.2) is 9.97 Å². The van der Waals surface area contributed by atoms with Crippen LogP contribution in [0.1, 0.15) is 38.1 Å². The molecule has 0 radical (unpaired) electrons. The van der Waals surface area contributed by atoms with Crippen molar-refractivity contribution in [3.05, 3.63) is 23.7 Å². The van der Waals surface area contributed by atoms with Gasteiger partial charge in [0.2, 0.25) is 0 Å². The van der Waals surface area contributed by atoms with Gasteiger partial charge in [-0.1, -0.05) is 13.8 Å². The molecular weight excluding hydrogens is 226 g/mol. The molecule has 0 amide bonds. The van der Waals surface area contributed by atoms with Crippen molar-refractivity contribution in [1.82, 2.24) is 19.7 Å². The molecule has 0 aliphatic rings. The van der Waals surface area contributed by atoms with E-state index in [9.17, 15) is 0 Å². The Morgan fingerprint density at radius 2 is 2.06 bits per heavy atom. The Bertz CT molecular complexity index is 557. The van der Waals surface area contributed by atoms with E-state index in [1.165, 1.54) is 0 Å². The molecule has 2 rings (SSSR count). The number of nitrogen functional groups attached to an aromatic ring is 1. The molecule has 2 aromatic rings. The van der Waals surface area contributed by atoms with Crippen LogP contribution in [0.4, 0.5) is 5.82 Å². The maximum atomic E-state index is 5.98. The van der Waals surface area contributed by atoms with Crippen LogP contribution in [0.25, 0.3) is 11.4 Å². The van der Waals surface area contributed by atoms with Crippen molar-refractivity contribution in [1.29, 1.82) is 0 Å². The van der Waals surface area contributed by atoms with E-state index in [-0.39, 0.29) is 5.92 Å². The van der Waals surface area contributed by atoms with Gasteiger partial charge in [0.05, 0.1) is 11.4 Å². The summed E-state index contributed by atoms with van der Waals surface area (Å²) in [5.74, 6) is 1.58. The highest BCUT2D eigenvalue weighted by Gasteiger charge is 2.15. The highest BCUT2D eigenvalue weighted by Crippen LogP contribution is 2.26. The fraction of sp³-hybridized carbons (Fsp3) is 0.462. The fourth-order valence-electron chi connectivity index (χ4n) is 1.85. The zero-order valence-corrected chi connectivity index (χ0v) is 11.3. The second-order valence-corrected chi connectivity index (χ2v) is 4.63. The lowest BCUT2D eigenvalue weighted by Crippen LogP contribution is -2.08. The molecule has 0 bridgehead atoms. The van der Waals surface area contributed by atoms with Crippen molar-refractivity contribution < 1.29 is 0 Å².